The molecule has 1 aromatic heterocycles. The van der Waals surface area contributed by atoms with E-state index in [1.54, 1.807) is 0 Å². The molecule has 0 unspecified atom stereocenters. The maximum absolute atomic E-state index is 4.44. The Labute approximate surface area is 157 Å². The molecule has 5 heteroatoms. The Kier molecular flexibility index (Phi) is 7.17. The molecule has 1 saturated carbocycles. The number of piperidine rings is 1. The standard InChI is InChI=1S/C20H34N4S/c1-16-5-7-18(8-6-16)23-20(21-2)22-14-17-9-11-24(12-10-17)15-19-4-3-13-25-19/h3-4,13,16-18H,5-12,14-15H2,1-2H3,(H2,21,22,23). The Bertz CT molecular complexity index is 512. The van der Waals surface area contributed by atoms with Gasteiger partial charge in [0, 0.05) is 31.1 Å². The van der Waals surface area contributed by atoms with E-state index in [-0.39, 0.29) is 0 Å². The lowest BCUT2D eigenvalue weighted by molar-refractivity contribution is 0.179. The Morgan fingerprint density at radius 3 is 2.60 bits per heavy atom. The van der Waals surface area contributed by atoms with Gasteiger partial charge in [-0.05, 0) is 74.9 Å². The van der Waals surface area contributed by atoms with Crippen LogP contribution in [0, 0.1) is 11.8 Å². The van der Waals surface area contributed by atoms with Gasteiger partial charge in [0.15, 0.2) is 5.96 Å². The second-order valence-corrected chi connectivity index (χ2v) is 8.89. The number of hydrogen-bond donors (Lipinski definition) is 2. The fourth-order valence-corrected chi connectivity index (χ4v) is 4.75. The van der Waals surface area contributed by atoms with Crippen LogP contribution in [0.2, 0.25) is 0 Å². The van der Waals surface area contributed by atoms with Crippen LogP contribution in [0.1, 0.15) is 50.3 Å². The highest BCUT2D eigenvalue weighted by Gasteiger charge is 2.21. The number of aliphatic imine (C=N–C) groups is 1. The van der Waals surface area contributed by atoms with Crippen molar-refractivity contribution in [3.8, 4) is 0 Å². The summed E-state index contributed by atoms with van der Waals surface area (Å²) >= 11 is 1.87. The van der Waals surface area contributed by atoms with Crippen LogP contribution in [0.4, 0.5) is 0 Å². The summed E-state index contributed by atoms with van der Waals surface area (Å²) in [7, 11) is 1.89. The van der Waals surface area contributed by atoms with E-state index in [9.17, 15) is 0 Å². The molecule has 0 amide bonds. The minimum atomic E-state index is 0.607. The van der Waals surface area contributed by atoms with Crippen molar-refractivity contribution in [1.82, 2.24) is 15.5 Å². The molecular weight excluding hydrogens is 328 g/mol. The lowest BCUT2D eigenvalue weighted by Gasteiger charge is -2.32. The molecule has 2 heterocycles. The normalized spacial score (nSPS) is 26.6. The second kappa shape index (κ2) is 9.58. The number of rotatable bonds is 5. The first-order valence-corrected chi connectivity index (χ1v) is 10.8. The zero-order valence-electron chi connectivity index (χ0n) is 15.8. The molecule has 0 atom stereocenters. The molecule has 0 spiro atoms. The number of nitrogens with zero attached hydrogens (tertiary/aromatic N) is 2. The minimum absolute atomic E-state index is 0.607. The third-order valence-electron chi connectivity index (χ3n) is 5.81. The Morgan fingerprint density at radius 1 is 1.20 bits per heavy atom. The van der Waals surface area contributed by atoms with Crippen LogP contribution in [0.15, 0.2) is 22.5 Å². The average molecular weight is 363 g/mol. The van der Waals surface area contributed by atoms with Crippen molar-refractivity contribution >= 4 is 17.3 Å². The summed E-state index contributed by atoms with van der Waals surface area (Å²) in [5.41, 5.74) is 0. The molecule has 4 nitrogen and oxygen atoms in total. The molecule has 1 aromatic rings. The fourth-order valence-electron chi connectivity index (χ4n) is 4.01. The zero-order valence-corrected chi connectivity index (χ0v) is 16.7. The van der Waals surface area contributed by atoms with E-state index in [2.05, 4.69) is 45.0 Å². The van der Waals surface area contributed by atoms with Gasteiger partial charge in [0.1, 0.15) is 0 Å². The Balaban J connectivity index is 1.34. The van der Waals surface area contributed by atoms with Gasteiger partial charge in [-0.15, -0.1) is 11.3 Å². The van der Waals surface area contributed by atoms with Crippen LogP contribution in [0.25, 0.3) is 0 Å². The monoisotopic (exact) mass is 362 g/mol. The molecule has 2 N–H and O–H groups in total. The molecule has 0 bridgehead atoms. The maximum atomic E-state index is 4.44. The first-order chi connectivity index (χ1) is 12.2. The van der Waals surface area contributed by atoms with Gasteiger partial charge in [-0.25, -0.2) is 0 Å². The molecule has 1 aliphatic carbocycles. The largest absolute Gasteiger partial charge is 0.356 e. The Morgan fingerprint density at radius 2 is 1.96 bits per heavy atom. The number of nitrogens with one attached hydrogen (secondary N) is 2. The van der Waals surface area contributed by atoms with Gasteiger partial charge in [0.05, 0.1) is 0 Å². The van der Waals surface area contributed by atoms with Gasteiger partial charge in [-0.2, -0.15) is 0 Å². The summed E-state index contributed by atoms with van der Waals surface area (Å²) in [5.74, 6) is 2.66. The molecular formula is C20H34N4S. The maximum Gasteiger partial charge on any atom is 0.191 e. The number of likely N-dealkylation sites (tertiary alicyclic amines) is 1. The van der Waals surface area contributed by atoms with E-state index in [0.717, 1.165) is 30.9 Å². The third-order valence-corrected chi connectivity index (χ3v) is 6.67. The first-order valence-electron chi connectivity index (χ1n) is 9.95. The van der Waals surface area contributed by atoms with Crippen molar-refractivity contribution < 1.29 is 0 Å². The fraction of sp³-hybridized carbons (Fsp3) is 0.750. The summed E-state index contributed by atoms with van der Waals surface area (Å²) in [5, 5.41) is 9.39. The summed E-state index contributed by atoms with van der Waals surface area (Å²) in [6.07, 6.45) is 7.83. The highest BCUT2D eigenvalue weighted by atomic mass is 32.1. The van der Waals surface area contributed by atoms with Gasteiger partial charge in [0.2, 0.25) is 0 Å². The zero-order chi connectivity index (χ0) is 17.5. The molecule has 2 fully saturated rings. The molecule has 0 aromatic carbocycles. The van der Waals surface area contributed by atoms with Crippen LogP contribution in [0.5, 0.6) is 0 Å². The van der Waals surface area contributed by atoms with Gasteiger partial charge >= 0.3 is 0 Å². The predicted molar refractivity (Wildman–Crippen MR) is 108 cm³/mol. The Hall–Kier alpha value is -1.07. The van der Waals surface area contributed by atoms with Crippen molar-refractivity contribution in [1.29, 1.82) is 0 Å². The lowest BCUT2D eigenvalue weighted by atomic mass is 9.87. The molecule has 1 saturated heterocycles. The molecule has 0 radical (unpaired) electrons. The summed E-state index contributed by atoms with van der Waals surface area (Å²) in [6.45, 7) is 6.98. The smallest absolute Gasteiger partial charge is 0.191 e. The molecule has 2 aliphatic rings. The van der Waals surface area contributed by atoms with Crippen LogP contribution >= 0.6 is 11.3 Å². The SMILES string of the molecule is CN=C(NCC1CCN(Cc2cccs2)CC1)NC1CCC(C)CC1. The van der Waals surface area contributed by atoms with Crippen LogP contribution < -0.4 is 10.6 Å². The molecule has 140 valence electrons. The van der Waals surface area contributed by atoms with E-state index in [4.69, 9.17) is 0 Å². The second-order valence-electron chi connectivity index (χ2n) is 7.85. The highest BCUT2D eigenvalue weighted by molar-refractivity contribution is 7.09. The summed E-state index contributed by atoms with van der Waals surface area (Å²) < 4.78 is 0. The predicted octanol–water partition coefficient (Wildman–Crippen LogP) is 3.70. The van der Waals surface area contributed by atoms with Crippen LogP contribution in [0.3, 0.4) is 0 Å². The van der Waals surface area contributed by atoms with Crippen molar-refractivity contribution in [3.63, 3.8) is 0 Å². The number of guanidine groups is 1. The van der Waals surface area contributed by atoms with E-state index in [1.165, 1.54) is 56.5 Å². The third kappa shape index (κ3) is 6.00. The van der Waals surface area contributed by atoms with Gasteiger partial charge < -0.3 is 10.6 Å². The summed E-state index contributed by atoms with van der Waals surface area (Å²) in [6, 6.07) is 5.01. The van der Waals surface area contributed by atoms with Crippen molar-refractivity contribution in [2.24, 2.45) is 16.8 Å². The number of hydrogen-bond acceptors (Lipinski definition) is 3. The van der Waals surface area contributed by atoms with Crippen molar-refractivity contribution in [2.75, 3.05) is 26.7 Å². The van der Waals surface area contributed by atoms with Gasteiger partial charge in [0.25, 0.3) is 0 Å². The van der Waals surface area contributed by atoms with E-state index < -0.39 is 0 Å². The first kappa shape index (κ1) is 18.7. The number of thiophene rings is 1. The van der Waals surface area contributed by atoms with Gasteiger partial charge in [-0.3, -0.25) is 9.89 Å². The topological polar surface area (TPSA) is 39.7 Å². The summed E-state index contributed by atoms with van der Waals surface area (Å²) in [4.78, 5) is 8.52. The van der Waals surface area contributed by atoms with E-state index in [0.29, 0.717) is 6.04 Å². The highest BCUT2D eigenvalue weighted by Crippen LogP contribution is 2.23. The quantitative estimate of drug-likeness (QED) is 0.620. The van der Waals surface area contributed by atoms with E-state index >= 15 is 0 Å². The minimum Gasteiger partial charge on any atom is -0.356 e. The van der Waals surface area contributed by atoms with Crippen LogP contribution in [-0.2, 0) is 6.54 Å². The van der Waals surface area contributed by atoms with E-state index in [1.807, 2.05) is 18.4 Å². The van der Waals surface area contributed by atoms with Crippen molar-refractivity contribution in [3.05, 3.63) is 22.4 Å². The molecule has 1 aliphatic heterocycles. The van der Waals surface area contributed by atoms with Crippen molar-refractivity contribution in [2.45, 2.75) is 58.0 Å². The van der Waals surface area contributed by atoms with Crippen LogP contribution in [-0.4, -0.2) is 43.6 Å². The average Bonchev–Trinajstić information content (AvgIpc) is 3.14. The lowest BCUT2D eigenvalue weighted by Crippen LogP contribution is -2.47. The van der Waals surface area contributed by atoms with Gasteiger partial charge in [-0.1, -0.05) is 13.0 Å². The molecule has 25 heavy (non-hydrogen) atoms. The molecule has 3 rings (SSSR count).